The molecular weight excluding hydrogens is 298 g/mol. The van der Waals surface area contributed by atoms with Crippen LogP contribution in [0.5, 0.6) is 5.75 Å². The molecule has 1 fully saturated rings. The highest BCUT2D eigenvalue weighted by Crippen LogP contribution is 2.58. The summed E-state index contributed by atoms with van der Waals surface area (Å²) >= 11 is 0. The molecule has 1 aliphatic carbocycles. The lowest BCUT2D eigenvalue weighted by atomic mass is 9.52. The molecule has 0 spiro atoms. The Morgan fingerprint density at radius 3 is 2.50 bits per heavy atom. The predicted molar refractivity (Wildman–Crippen MR) is 98.7 cm³/mol. The number of benzene rings is 1. The summed E-state index contributed by atoms with van der Waals surface area (Å²) < 4.78 is 0. The molecule has 1 aliphatic heterocycles. The number of hydrogen-bond donors (Lipinski definition) is 1. The third-order valence-corrected chi connectivity index (χ3v) is 6.63. The minimum absolute atomic E-state index is 0.0698. The van der Waals surface area contributed by atoms with E-state index in [0.29, 0.717) is 11.7 Å². The number of fused-ring (bicyclic) bond motifs is 3. The second kappa shape index (κ2) is 5.50. The van der Waals surface area contributed by atoms with Crippen molar-refractivity contribution in [1.82, 2.24) is 0 Å². The number of carbonyl (C=O) groups excluding carboxylic acids is 1. The van der Waals surface area contributed by atoms with Crippen molar-refractivity contribution in [3.8, 4) is 5.75 Å². The van der Waals surface area contributed by atoms with E-state index in [1.54, 1.807) is 6.92 Å². The van der Waals surface area contributed by atoms with Crippen LogP contribution in [0.3, 0.4) is 0 Å². The zero-order valence-corrected chi connectivity index (χ0v) is 15.9. The van der Waals surface area contributed by atoms with Gasteiger partial charge in [-0.3, -0.25) is 4.79 Å². The van der Waals surface area contributed by atoms with E-state index in [1.807, 2.05) is 11.0 Å². The molecule has 1 heterocycles. The molecule has 2 aliphatic rings. The van der Waals surface area contributed by atoms with E-state index in [9.17, 15) is 9.90 Å². The van der Waals surface area contributed by atoms with Gasteiger partial charge in [0, 0.05) is 19.0 Å². The van der Waals surface area contributed by atoms with E-state index in [-0.39, 0.29) is 22.7 Å². The van der Waals surface area contributed by atoms with Crippen molar-refractivity contribution < 1.29 is 9.90 Å². The molecule has 0 bridgehead atoms. The smallest absolute Gasteiger partial charge is 0.223 e. The van der Waals surface area contributed by atoms with Crippen molar-refractivity contribution in [2.45, 2.75) is 72.1 Å². The van der Waals surface area contributed by atoms with Gasteiger partial charge in [0.25, 0.3) is 0 Å². The normalized spacial score (nSPS) is 28.5. The first kappa shape index (κ1) is 17.3. The van der Waals surface area contributed by atoms with Gasteiger partial charge in [-0.1, -0.05) is 47.1 Å². The van der Waals surface area contributed by atoms with Crippen LogP contribution in [0.2, 0.25) is 0 Å². The maximum Gasteiger partial charge on any atom is 0.223 e. The fourth-order valence-electron chi connectivity index (χ4n) is 5.37. The molecule has 3 heteroatoms. The molecule has 1 amide bonds. The molecule has 0 unspecified atom stereocenters. The van der Waals surface area contributed by atoms with Crippen molar-refractivity contribution >= 4 is 11.6 Å². The Morgan fingerprint density at radius 2 is 1.92 bits per heavy atom. The number of anilines is 1. The SMILES string of the molecule is CC(=O)N1C[C@H]2C(C)(C)CCC[C@]2(C)c2ccc(O)c(C(C)C)c21. The third kappa shape index (κ3) is 2.35. The number of nitrogens with zero attached hydrogens (tertiary/aromatic N) is 1. The molecule has 24 heavy (non-hydrogen) atoms. The standard InChI is InChI=1S/C21H31NO2/c1-13(2)18-16(24)9-8-15-19(18)22(14(3)23)12-17-20(4,5)10-7-11-21(15,17)6/h8-9,13,17,24H,7,10-12H2,1-6H3/t17-,21+/m0/s1. The van der Waals surface area contributed by atoms with Crippen LogP contribution in [0.1, 0.15) is 77.8 Å². The fraction of sp³-hybridized carbons (Fsp3) is 0.667. The van der Waals surface area contributed by atoms with Crippen molar-refractivity contribution in [1.29, 1.82) is 0 Å². The van der Waals surface area contributed by atoms with Gasteiger partial charge in [0.2, 0.25) is 5.91 Å². The zero-order chi connectivity index (χ0) is 17.9. The van der Waals surface area contributed by atoms with E-state index in [1.165, 1.54) is 18.4 Å². The minimum atomic E-state index is 0.0698. The second-order valence-corrected chi connectivity index (χ2v) is 8.99. The molecular formula is C21H31NO2. The predicted octanol–water partition coefficient (Wildman–Crippen LogP) is 4.97. The maximum absolute atomic E-state index is 12.5. The summed E-state index contributed by atoms with van der Waals surface area (Å²) in [4.78, 5) is 14.4. The molecule has 1 aromatic rings. The summed E-state index contributed by atoms with van der Waals surface area (Å²) in [5, 5.41) is 10.5. The first-order chi connectivity index (χ1) is 11.1. The van der Waals surface area contributed by atoms with Crippen LogP contribution >= 0.6 is 0 Å². The quantitative estimate of drug-likeness (QED) is 0.790. The van der Waals surface area contributed by atoms with Gasteiger partial charge in [0.15, 0.2) is 0 Å². The molecule has 1 saturated carbocycles. The van der Waals surface area contributed by atoms with Gasteiger partial charge in [-0.15, -0.1) is 0 Å². The summed E-state index contributed by atoms with van der Waals surface area (Å²) in [7, 11) is 0. The van der Waals surface area contributed by atoms with E-state index >= 15 is 0 Å². The lowest BCUT2D eigenvalue weighted by molar-refractivity contribution is -0.117. The molecule has 1 N–H and O–H groups in total. The molecule has 0 saturated heterocycles. The molecule has 0 aromatic heterocycles. The van der Waals surface area contributed by atoms with Gasteiger partial charge in [-0.2, -0.15) is 0 Å². The van der Waals surface area contributed by atoms with Crippen LogP contribution in [-0.2, 0) is 10.2 Å². The fourth-order valence-corrected chi connectivity index (χ4v) is 5.37. The van der Waals surface area contributed by atoms with Crippen LogP contribution in [-0.4, -0.2) is 17.6 Å². The highest BCUT2D eigenvalue weighted by atomic mass is 16.3. The number of rotatable bonds is 1. The number of phenolic OH excluding ortho intramolecular Hbond substituents is 1. The van der Waals surface area contributed by atoms with Gasteiger partial charge in [0.1, 0.15) is 5.75 Å². The van der Waals surface area contributed by atoms with Crippen molar-refractivity contribution in [2.24, 2.45) is 11.3 Å². The summed E-state index contributed by atoms with van der Waals surface area (Å²) in [5.41, 5.74) is 3.44. The van der Waals surface area contributed by atoms with Gasteiger partial charge in [-0.25, -0.2) is 0 Å². The summed E-state index contributed by atoms with van der Waals surface area (Å²) in [6.45, 7) is 13.7. The average Bonchev–Trinajstić information content (AvgIpc) is 2.45. The van der Waals surface area contributed by atoms with Crippen molar-refractivity contribution in [2.75, 3.05) is 11.4 Å². The summed E-state index contributed by atoms with van der Waals surface area (Å²) in [6, 6.07) is 3.90. The molecule has 3 rings (SSSR count). The second-order valence-electron chi connectivity index (χ2n) is 8.99. The van der Waals surface area contributed by atoms with Gasteiger partial charge >= 0.3 is 0 Å². The van der Waals surface area contributed by atoms with E-state index in [4.69, 9.17) is 0 Å². The topological polar surface area (TPSA) is 40.5 Å². The van der Waals surface area contributed by atoms with E-state index in [2.05, 4.69) is 40.7 Å². The molecule has 1 aromatic carbocycles. The number of aromatic hydroxyl groups is 1. The van der Waals surface area contributed by atoms with Crippen LogP contribution in [0, 0.1) is 11.3 Å². The van der Waals surface area contributed by atoms with Crippen LogP contribution in [0.25, 0.3) is 0 Å². The highest BCUT2D eigenvalue weighted by Gasteiger charge is 2.52. The first-order valence-electron chi connectivity index (χ1n) is 9.24. The van der Waals surface area contributed by atoms with Crippen molar-refractivity contribution in [3.63, 3.8) is 0 Å². The lowest BCUT2D eigenvalue weighted by Crippen LogP contribution is -2.55. The van der Waals surface area contributed by atoms with Gasteiger partial charge < -0.3 is 10.0 Å². The highest BCUT2D eigenvalue weighted by molar-refractivity contribution is 5.95. The van der Waals surface area contributed by atoms with Crippen LogP contribution in [0.4, 0.5) is 5.69 Å². The van der Waals surface area contributed by atoms with E-state index in [0.717, 1.165) is 24.2 Å². The van der Waals surface area contributed by atoms with Crippen LogP contribution < -0.4 is 4.90 Å². The Bertz CT molecular complexity index is 677. The Labute approximate surface area is 146 Å². The summed E-state index contributed by atoms with van der Waals surface area (Å²) in [6.07, 6.45) is 3.59. The Hall–Kier alpha value is -1.51. The molecule has 132 valence electrons. The lowest BCUT2D eigenvalue weighted by Gasteiger charge is -2.56. The minimum Gasteiger partial charge on any atom is -0.508 e. The van der Waals surface area contributed by atoms with Gasteiger partial charge in [-0.05, 0) is 47.1 Å². The number of hydrogen-bond acceptors (Lipinski definition) is 2. The molecule has 2 atom stereocenters. The average molecular weight is 329 g/mol. The Balaban J connectivity index is 2.30. The Kier molecular flexibility index (Phi) is 3.97. The number of carbonyl (C=O) groups is 1. The van der Waals surface area contributed by atoms with Gasteiger partial charge in [0.05, 0.1) is 5.69 Å². The maximum atomic E-state index is 12.5. The summed E-state index contributed by atoms with van der Waals surface area (Å²) in [5.74, 6) is 1.01. The zero-order valence-electron chi connectivity index (χ0n) is 15.9. The number of phenols is 1. The Morgan fingerprint density at radius 1 is 1.25 bits per heavy atom. The first-order valence-corrected chi connectivity index (χ1v) is 9.24. The van der Waals surface area contributed by atoms with Crippen LogP contribution in [0.15, 0.2) is 12.1 Å². The van der Waals surface area contributed by atoms with Crippen molar-refractivity contribution in [3.05, 3.63) is 23.3 Å². The molecule has 0 radical (unpaired) electrons. The molecule has 3 nitrogen and oxygen atoms in total. The third-order valence-electron chi connectivity index (χ3n) is 6.63. The van der Waals surface area contributed by atoms with E-state index < -0.39 is 0 Å². The largest absolute Gasteiger partial charge is 0.508 e. The monoisotopic (exact) mass is 329 g/mol. The number of amides is 1.